The van der Waals surface area contributed by atoms with Crippen LogP contribution in [0.3, 0.4) is 0 Å². The lowest BCUT2D eigenvalue weighted by molar-refractivity contribution is -0.121. The van der Waals surface area contributed by atoms with Crippen LogP contribution in [0.5, 0.6) is 0 Å². The van der Waals surface area contributed by atoms with Gasteiger partial charge in [0.25, 0.3) is 0 Å². The average molecular weight is 412 g/mol. The Morgan fingerprint density at radius 3 is 1.60 bits per heavy atom. The number of hydrogen-bond acceptors (Lipinski definition) is 5. The molecule has 0 bridgehead atoms. The number of rotatable bonds is 15. The zero-order valence-electron chi connectivity index (χ0n) is 17.5. The van der Waals surface area contributed by atoms with Crippen LogP contribution in [0.2, 0.25) is 0 Å². The summed E-state index contributed by atoms with van der Waals surface area (Å²) in [6, 6.07) is 20.0. The van der Waals surface area contributed by atoms with Crippen LogP contribution >= 0.6 is 0 Å². The van der Waals surface area contributed by atoms with Gasteiger partial charge in [-0.3, -0.25) is 9.59 Å². The van der Waals surface area contributed by atoms with Crippen molar-refractivity contribution in [3.05, 3.63) is 71.8 Å². The van der Waals surface area contributed by atoms with Crippen LogP contribution in [-0.2, 0) is 22.7 Å². The highest BCUT2D eigenvalue weighted by Gasteiger charge is 2.01. The summed E-state index contributed by atoms with van der Waals surface area (Å²) in [4.78, 5) is 23.5. The van der Waals surface area contributed by atoms with Gasteiger partial charge in [0.2, 0.25) is 11.8 Å². The van der Waals surface area contributed by atoms with E-state index in [2.05, 4.69) is 26.6 Å². The van der Waals surface area contributed by atoms with Crippen molar-refractivity contribution in [2.75, 3.05) is 39.3 Å². The van der Waals surface area contributed by atoms with Crippen molar-refractivity contribution < 1.29 is 9.59 Å². The summed E-state index contributed by atoms with van der Waals surface area (Å²) in [6.07, 6.45) is 0.844. The third-order valence-corrected chi connectivity index (χ3v) is 4.39. The smallest absolute Gasteiger partial charge is 0.234 e. The van der Waals surface area contributed by atoms with Crippen molar-refractivity contribution in [1.29, 1.82) is 0 Å². The summed E-state index contributed by atoms with van der Waals surface area (Å²) in [5, 5.41) is 15.3. The highest BCUT2D eigenvalue weighted by atomic mass is 16.2. The Bertz CT molecular complexity index is 661. The summed E-state index contributed by atoms with van der Waals surface area (Å²) in [6.45, 7) is 4.70. The molecule has 7 heteroatoms. The van der Waals surface area contributed by atoms with Gasteiger partial charge in [-0.05, 0) is 24.1 Å². The SMILES string of the molecule is O=C(CNCc1ccccc1)NCCCNCCNC(=O)CNCc1ccccc1. The minimum Gasteiger partial charge on any atom is -0.355 e. The largest absolute Gasteiger partial charge is 0.355 e. The van der Waals surface area contributed by atoms with Gasteiger partial charge in [0, 0.05) is 32.7 Å². The van der Waals surface area contributed by atoms with Crippen molar-refractivity contribution in [1.82, 2.24) is 26.6 Å². The zero-order valence-corrected chi connectivity index (χ0v) is 17.5. The lowest BCUT2D eigenvalue weighted by Gasteiger charge is -2.09. The molecule has 5 N–H and O–H groups in total. The number of hydrogen-bond donors (Lipinski definition) is 5. The molecule has 0 unspecified atom stereocenters. The Hall–Kier alpha value is -2.74. The van der Waals surface area contributed by atoms with Crippen LogP contribution in [0.4, 0.5) is 0 Å². The standard InChI is InChI=1S/C23H33N5O2/c29-22(18-25-16-20-8-3-1-4-9-20)27-13-7-12-24-14-15-28-23(30)19-26-17-21-10-5-2-6-11-21/h1-6,8-11,24-26H,7,12-19H2,(H,27,29)(H,28,30). The minimum absolute atomic E-state index is 0.00111. The zero-order chi connectivity index (χ0) is 21.3. The number of nitrogens with one attached hydrogen (secondary N) is 5. The van der Waals surface area contributed by atoms with E-state index >= 15 is 0 Å². The predicted octanol–water partition coefficient (Wildman–Crippen LogP) is 0.778. The molecule has 30 heavy (non-hydrogen) atoms. The molecule has 2 amide bonds. The van der Waals surface area contributed by atoms with E-state index in [1.807, 2.05) is 60.7 Å². The van der Waals surface area contributed by atoms with Gasteiger partial charge < -0.3 is 26.6 Å². The first-order valence-corrected chi connectivity index (χ1v) is 10.5. The molecule has 0 atom stereocenters. The van der Waals surface area contributed by atoms with Gasteiger partial charge in [0.05, 0.1) is 13.1 Å². The average Bonchev–Trinajstić information content (AvgIpc) is 2.77. The van der Waals surface area contributed by atoms with Crippen molar-refractivity contribution in [2.45, 2.75) is 19.5 Å². The third-order valence-electron chi connectivity index (χ3n) is 4.39. The molecule has 0 aliphatic carbocycles. The lowest BCUT2D eigenvalue weighted by atomic mass is 10.2. The molecule has 0 heterocycles. The summed E-state index contributed by atoms with van der Waals surface area (Å²) in [5.41, 5.74) is 2.32. The molecule has 162 valence electrons. The molecule has 2 aromatic carbocycles. The first kappa shape index (κ1) is 23.5. The van der Waals surface area contributed by atoms with Crippen LogP contribution in [0.1, 0.15) is 17.5 Å². The van der Waals surface area contributed by atoms with Gasteiger partial charge >= 0.3 is 0 Å². The van der Waals surface area contributed by atoms with Crippen LogP contribution in [-0.4, -0.2) is 51.1 Å². The number of amides is 2. The minimum atomic E-state index is -0.0111. The molecule has 7 nitrogen and oxygen atoms in total. The van der Waals surface area contributed by atoms with E-state index in [1.54, 1.807) is 0 Å². The number of carbonyl (C=O) groups excluding carboxylic acids is 2. The summed E-state index contributed by atoms with van der Waals surface area (Å²) >= 11 is 0. The van der Waals surface area contributed by atoms with Gasteiger partial charge in [0.1, 0.15) is 0 Å². The first-order chi connectivity index (χ1) is 14.7. The maximum Gasteiger partial charge on any atom is 0.234 e. The topological polar surface area (TPSA) is 94.3 Å². The summed E-state index contributed by atoms with van der Waals surface area (Å²) in [5.74, 6) is -0.0100. The van der Waals surface area contributed by atoms with Crippen LogP contribution in [0.25, 0.3) is 0 Å². The molecule has 0 aromatic heterocycles. The second-order valence-electron chi connectivity index (χ2n) is 6.98. The molecule has 0 aliphatic rings. The van der Waals surface area contributed by atoms with E-state index < -0.39 is 0 Å². The third kappa shape index (κ3) is 11.3. The van der Waals surface area contributed by atoms with E-state index in [0.717, 1.165) is 24.1 Å². The monoisotopic (exact) mass is 411 g/mol. The fraction of sp³-hybridized carbons (Fsp3) is 0.391. The van der Waals surface area contributed by atoms with Crippen molar-refractivity contribution >= 4 is 11.8 Å². The Morgan fingerprint density at radius 1 is 0.567 bits per heavy atom. The molecular formula is C23H33N5O2. The Morgan fingerprint density at radius 2 is 1.07 bits per heavy atom. The summed E-state index contributed by atoms with van der Waals surface area (Å²) < 4.78 is 0. The maximum atomic E-state index is 11.8. The molecule has 0 spiro atoms. The van der Waals surface area contributed by atoms with Crippen LogP contribution in [0, 0.1) is 0 Å². The molecule has 0 fully saturated rings. The van der Waals surface area contributed by atoms with E-state index in [-0.39, 0.29) is 11.8 Å². The molecular weight excluding hydrogens is 378 g/mol. The van der Waals surface area contributed by atoms with Gasteiger partial charge in [-0.15, -0.1) is 0 Å². The van der Waals surface area contributed by atoms with Crippen LogP contribution in [0.15, 0.2) is 60.7 Å². The lowest BCUT2D eigenvalue weighted by Crippen LogP contribution is -2.38. The van der Waals surface area contributed by atoms with Crippen molar-refractivity contribution in [3.8, 4) is 0 Å². The van der Waals surface area contributed by atoms with E-state index in [1.165, 1.54) is 0 Å². The Kier molecular flexibility index (Phi) is 11.9. The fourth-order valence-corrected chi connectivity index (χ4v) is 2.81. The Labute approximate surface area is 179 Å². The van der Waals surface area contributed by atoms with E-state index in [9.17, 15) is 9.59 Å². The summed E-state index contributed by atoms with van der Waals surface area (Å²) in [7, 11) is 0. The van der Waals surface area contributed by atoms with Gasteiger partial charge in [-0.1, -0.05) is 60.7 Å². The molecule has 2 rings (SSSR count). The molecule has 0 radical (unpaired) electrons. The van der Waals surface area contributed by atoms with Gasteiger partial charge in [-0.25, -0.2) is 0 Å². The fourth-order valence-electron chi connectivity index (χ4n) is 2.81. The second-order valence-corrected chi connectivity index (χ2v) is 6.98. The number of carbonyl (C=O) groups is 2. The molecule has 2 aromatic rings. The predicted molar refractivity (Wildman–Crippen MR) is 120 cm³/mol. The normalized spacial score (nSPS) is 10.5. The quantitative estimate of drug-likeness (QED) is 0.279. The van der Waals surface area contributed by atoms with Crippen molar-refractivity contribution in [2.24, 2.45) is 0 Å². The maximum absolute atomic E-state index is 11.8. The van der Waals surface area contributed by atoms with E-state index in [0.29, 0.717) is 45.8 Å². The second kappa shape index (κ2) is 15.1. The van der Waals surface area contributed by atoms with Gasteiger partial charge in [0.15, 0.2) is 0 Å². The van der Waals surface area contributed by atoms with Gasteiger partial charge in [-0.2, -0.15) is 0 Å². The highest BCUT2D eigenvalue weighted by molar-refractivity contribution is 5.78. The molecule has 0 saturated heterocycles. The number of benzene rings is 2. The van der Waals surface area contributed by atoms with Crippen molar-refractivity contribution in [3.63, 3.8) is 0 Å². The first-order valence-electron chi connectivity index (χ1n) is 10.5. The molecule has 0 saturated carbocycles. The van der Waals surface area contributed by atoms with Crippen LogP contribution < -0.4 is 26.6 Å². The Balaban J connectivity index is 1.35. The molecule has 0 aliphatic heterocycles. The van der Waals surface area contributed by atoms with E-state index in [4.69, 9.17) is 0 Å². The highest BCUT2D eigenvalue weighted by Crippen LogP contribution is 1.97.